The van der Waals surface area contributed by atoms with Crippen LogP contribution in [0.25, 0.3) is 22.3 Å². The maximum atomic E-state index is 15.1. The van der Waals surface area contributed by atoms with Crippen molar-refractivity contribution in [2.45, 2.75) is 20.0 Å². The topological polar surface area (TPSA) is 117 Å². The SMILES string of the molecule is Cc1ccc(-c2cccc(F)c2)c(F)c1CNc1c(F)ccc(OCC(=O)O)c1F.O=C(O)COc1ccc(F)c(NCc2cc(-c3ccccc3)ccc2F)c1F. The summed E-state index contributed by atoms with van der Waals surface area (Å²) in [6.07, 6.45) is 0. The van der Waals surface area contributed by atoms with Gasteiger partial charge in [0.25, 0.3) is 0 Å². The predicted molar refractivity (Wildman–Crippen MR) is 202 cm³/mol. The quantitative estimate of drug-likeness (QED) is 0.0805. The number of carboxylic acid groups (broad SMARTS) is 2. The van der Waals surface area contributed by atoms with Crippen molar-refractivity contribution in [3.63, 3.8) is 0 Å². The molecule has 0 aromatic heterocycles. The molecule has 0 saturated carbocycles. The zero-order chi connectivity index (χ0) is 41.9. The van der Waals surface area contributed by atoms with Gasteiger partial charge in [0, 0.05) is 29.8 Å². The molecule has 0 atom stereocenters. The molecule has 0 heterocycles. The fraction of sp³-hybridized carbons (Fsp3) is 0.116. The van der Waals surface area contributed by atoms with E-state index in [1.807, 2.05) is 30.3 Å². The maximum absolute atomic E-state index is 15.1. The Morgan fingerprint density at radius 2 is 1.10 bits per heavy atom. The van der Waals surface area contributed by atoms with E-state index in [1.165, 1.54) is 30.3 Å². The number of hydrogen-bond donors (Lipinski definition) is 4. The molecule has 6 aromatic carbocycles. The van der Waals surface area contributed by atoms with E-state index in [2.05, 4.69) is 10.6 Å². The van der Waals surface area contributed by atoms with Crippen molar-refractivity contribution in [3.05, 3.63) is 167 Å². The monoisotopic (exact) mass is 806 g/mol. The minimum absolute atomic E-state index is 0.146. The van der Waals surface area contributed by atoms with Crippen molar-refractivity contribution < 1.29 is 60.0 Å². The van der Waals surface area contributed by atoms with Gasteiger partial charge in [-0.2, -0.15) is 0 Å². The molecular weight excluding hydrogens is 773 g/mol. The van der Waals surface area contributed by atoms with Gasteiger partial charge in [0.1, 0.15) is 40.5 Å². The van der Waals surface area contributed by atoms with Crippen molar-refractivity contribution in [2.24, 2.45) is 0 Å². The molecular formula is C43H33F7N2O6. The standard InChI is InChI=1S/C22H17F4NO3.C21H16F3NO3/c1-12-5-6-15(13-3-2-4-14(23)9-13)20(25)16(12)10-27-22-17(24)7-8-18(21(22)26)30-11-19(28)29;22-16-7-6-14(13-4-2-1-3-5-13)10-15(16)11-25-21-17(23)8-9-18(20(21)24)28-12-19(26)27/h2-9,27H,10-11H2,1H3,(H,28,29);1-10,25H,11-12H2,(H,26,27). The van der Waals surface area contributed by atoms with Gasteiger partial charge in [-0.15, -0.1) is 0 Å². The van der Waals surface area contributed by atoms with Gasteiger partial charge < -0.3 is 30.3 Å². The van der Waals surface area contributed by atoms with E-state index in [-0.39, 0.29) is 29.8 Å². The number of benzene rings is 6. The first-order valence-electron chi connectivity index (χ1n) is 17.2. The Hall–Kier alpha value is -7.03. The van der Waals surface area contributed by atoms with Gasteiger partial charge in [-0.05, 0) is 77.7 Å². The van der Waals surface area contributed by atoms with Crippen molar-refractivity contribution in [3.8, 4) is 33.8 Å². The summed E-state index contributed by atoms with van der Waals surface area (Å²) in [5.74, 6) is -9.23. The van der Waals surface area contributed by atoms with Crippen LogP contribution >= 0.6 is 0 Å². The lowest BCUT2D eigenvalue weighted by atomic mass is 9.98. The molecule has 6 aromatic rings. The normalized spacial score (nSPS) is 10.6. The van der Waals surface area contributed by atoms with Crippen molar-refractivity contribution in [2.75, 3.05) is 23.8 Å². The van der Waals surface area contributed by atoms with Gasteiger partial charge in [0.05, 0.1) is 0 Å². The Morgan fingerprint density at radius 3 is 1.67 bits per heavy atom. The molecule has 0 spiro atoms. The molecule has 0 aliphatic heterocycles. The van der Waals surface area contributed by atoms with Crippen molar-refractivity contribution >= 4 is 23.3 Å². The number of rotatable bonds is 14. The second kappa shape index (κ2) is 19.2. The van der Waals surface area contributed by atoms with Gasteiger partial charge in [0.2, 0.25) is 0 Å². The van der Waals surface area contributed by atoms with Crippen LogP contribution in [0, 0.1) is 47.6 Å². The lowest BCUT2D eigenvalue weighted by Gasteiger charge is -2.15. The highest BCUT2D eigenvalue weighted by molar-refractivity contribution is 5.70. The first kappa shape index (κ1) is 42.1. The lowest BCUT2D eigenvalue weighted by Crippen LogP contribution is -2.12. The Kier molecular flexibility index (Phi) is 14.0. The van der Waals surface area contributed by atoms with E-state index in [4.69, 9.17) is 19.7 Å². The zero-order valence-electron chi connectivity index (χ0n) is 30.4. The number of hydrogen-bond acceptors (Lipinski definition) is 6. The molecule has 0 saturated heterocycles. The van der Waals surface area contributed by atoms with Gasteiger partial charge in [-0.3, -0.25) is 0 Å². The molecule has 6 rings (SSSR count). The third-order valence-corrected chi connectivity index (χ3v) is 8.48. The average molecular weight is 807 g/mol. The smallest absolute Gasteiger partial charge is 0.341 e. The molecule has 0 bridgehead atoms. The van der Waals surface area contributed by atoms with Crippen molar-refractivity contribution in [1.82, 2.24) is 0 Å². The summed E-state index contributed by atoms with van der Waals surface area (Å²) in [7, 11) is 0. The fourth-order valence-electron chi connectivity index (χ4n) is 5.59. The van der Waals surface area contributed by atoms with Gasteiger partial charge >= 0.3 is 11.9 Å². The lowest BCUT2D eigenvalue weighted by molar-refractivity contribution is -0.140. The van der Waals surface area contributed by atoms with E-state index in [1.54, 1.807) is 31.2 Å². The Labute approximate surface area is 327 Å². The minimum Gasteiger partial charge on any atom is -0.479 e. The Balaban J connectivity index is 0.000000221. The molecule has 58 heavy (non-hydrogen) atoms. The van der Waals surface area contributed by atoms with E-state index in [9.17, 15) is 35.9 Å². The number of ether oxygens (including phenoxy) is 2. The van der Waals surface area contributed by atoms with Crippen LogP contribution in [0.3, 0.4) is 0 Å². The maximum Gasteiger partial charge on any atom is 0.341 e. The van der Waals surface area contributed by atoms with E-state index < -0.39 is 88.7 Å². The molecule has 0 aliphatic carbocycles. The van der Waals surface area contributed by atoms with Crippen LogP contribution in [0.1, 0.15) is 16.7 Å². The summed E-state index contributed by atoms with van der Waals surface area (Å²) in [5, 5.41) is 22.3. The number of carboxylic acids is 2. The Bertz CT molecular complexity index is 2430. The van der Waals surface area contributed by atoms with Crippen LogP contribution in [0.5, 0.6) is 11.5 Å². The number of nitrogens with one attached hydrogen (secondary N) is 2. The summed E-state index contributed by atoms with van der Waals surface area (Å²) >= 11 is 0. The van der Waals surface area contributed by atoms with Crippen molar-refractivity contribution in [1.29, 1.82) is 0 Å². The van der Waals surface area contributed by atoms with E-state index >= 15 is 4.39 Å². The van der Waals surface area contributed by atoms with Crippen LogP contribution in [0.2, 0.25) is 0 Å². The summed E-state index contributed by atoms with van der Waals surface area (Å²) in [4.78, 5) is 21.1. The summed E-state index contributed by atoms with van der Waals surface area (Å²) in [5.41, 5.74) is 1.92. The second-order valence-electron chi connectivity index (χ2n) is 12.4. The number of aliphatic carboxylic acids is 2. The molecule has 0 fully saturated rings. The number of aryl methyl sites for hydroxylation is 1. The number of carbonyl (C=O) groups is 2. The van der Waals surface area contributed by atoms with Crippen LogP contribution in [-0.4, -0.2) is 35.4 Å². The molecule has 8 nitrogen and oxygen atoms in total. The largest absolute Gasteiger partial charge is 0.479 e. The molecule has 0 aliphatic rings. The molecule has 15 heteroatoms. The number of anilines is 2. The van der Waals surface area contributed by atoms with Crippen LogP contribution in [0.15, 0.2) is 109 Å². The molecule has 0 radical (unpaired) electrons. The zero-order valence-corrected chi connectivity index (χ0v) is 30.4. The minimum atomic E-state index is -1.32. The number of halogens is 7. The van der Waals surface area contributed by atoms with Crippen LogP contribution in [0.4, 0.5) is 42.1 Å². The van der Waals surface area contributed by atoms with E-state index in [0.717, 1.165) is 35.4 Å². The third kappa shape index (κ3) is 10.6. The fourth-order valence-corrected chi connectivity index (χ4v) is 5.59. The average Bonchev–Trinajstić information content (AvgIpc) is 3.19. The Morgan fingerprint density at radius 1 is 0.552 bits per heavy atom. The summed E-state index contributed by atoms with van der Waals surface area (Å²) in [6.45, 7) is -0.379. The predicted octanol–water partition coefficient (Wildman–Crippen LogP) is 10.1. The summed E-state index contributed by atoms with van der Waals surface area (Å²) in [6, 6.07) is 26.2. The summed E-state index contributed by atoms with van der Waals surface area (Å²) < 4.78 is 109. The van der Waals surface area contributed by atoms with Gasteiger partial charge in [-0.1, -0.05) is 60.7 Å². The molecule has 4 N–H and O–H groups in total. The van der Waals surface area contributed by atoms with Gasteiger partial charge in [-0.25, -0.2) is 40.3 Å². The van der Waals surface area contributed by atoms with E-state index in [0.29, 0.717) is 11.1 Å². The molecule has 300 valence electrons. The highest BCUT2D eigenvalue weighted by Crippen LogP contribution is 2.32. The molecule has 0 unspecified atom stereocenters. The van der Waals surface area contributed by atoms with Crippen LogP contribution < -0.4 is 20.1 Å². The highest BCUT2D eigenvalue weighted by atomic mass is 19.2. The third-order valence-electron chi connectivity index (χ3n) is 8.48. The molecule has 0 amide bonds. The highest BCUT2D eigenvalue weighted by Gasteiger charge is 2.19. The first-order chi connectivity index (χ1) is 27.7. The second-order valence-corrected chi connectivity index (χ2v) is 12.4. The first-order valence-corrected chi connectivity index (χ1v) is 17.2. The van der Waals surface area contributed by atoms with Gasteiger partial charge in [0.15, 0.2) is 36.3 Å². The van der Waals surface area contributed by atoms with Crippen LogP contribution in [-0.2, 0) is 22.7 Å².